The minimum Gasteiger partial charge on any atom is -0.397 e. The van der Waals surface area contributed by atoms with Crippen LogP contribution in [0, 0.1) is 6.92 Å². The summed E-state index contributed by atoms with van der Waals surface area (Å²) in [6, 6.07) is 8.03. The first-order valence-corrected chi connectivity index (χ1v) is 6.84. The van der Waals surface area contributed by atoms with Crippen LogP contribution in [0.15, 0.2) is 30.3 Å². The summed E-state index contributed by atoms with van der Waals surface area (Å²) < 4.78 is 0. The predicted molar refractivity (Wildman–Crippen MR) is 85.0 cm³/mol. The lowest BCUT2D eigenvalue weighted by Crippen LogP contribution is -2.13. The van der Waals surface area contributed by atoms with E-state index in [1.807, 2.05) is 0 Å². The van der Waals surface area contributed by atoms with Gasteiger partial charge >= 0.3 is 0 Å². The third kappa shape index (κ3) is 3.18. The van der Waals surface area contributed by atoms with Crippen molar-refractivity contribution in [2.24, 2.45) is 0 Å². The number of nitrogens with one attached hydrogen (secondary N) is 1. The number of hydrogen-bond donors (Lipinski definition) is 2. The summed E-state index contributed by atoms with van der Waals surface area (Å²) in [6.45, 7) is 1.80. The number of rotatable bonds is 2. The van der Waals surface area contributed by atoms with Crippen molar-refractivity contribution in [2.75, 3.05) is 11.1 Å². The first-order valence-electron chi connectivity index (χ1n) is 5.70. The molecule has 2 rings (SSSR count). The third-order valence-corrected chi connectivity index (χ3v) is 3.64. The van der Waals surface area contributed by atoms with E-state index in [4.69, 9.17) is 40.5 Å². The molecule has 0 saturated carbocycles. The van der Waals surface area contributed by atoms with Crippen molar-refractivity contribution in [1.82, 2.24) is 0 Å². The van der Waals surface area contributed by atoms with Crippen LogP contribution < -0.4 is 11.1 Å². The number of nitrogens with two attached hydrogens (primary N) is 1. The van der Waals surface area contributed by atoms with E-state index in [2.05, 4.69) is 5.32 Å². The van der Waals surface area contributed by atoms with Gasteiger partial charge in [-0.15, -0.1) is 0 Å². The highest BCUT2D eigenvalue weighted by atomic mass is 35.5. The molecule has 0 radical (unpaired) electrons. The summed E-state index contributed by atoms with van der Waals surface area (Å²) in [5.74, 6) is -0.289. The molecule has 0 aliphatic carbocycles. The van der Waals surface area contributed by atoms with Gasteiger partial charge in [-0.2, -0.15) is 0 Å². The first-order chi connectivity index (χ1) is 9.38. The number of hydrogen-bond acceptors (Lipinski definition) is 2. The Hall–Kier alpha value is -1.42. The van der Waals surface area contributed by atoms with Crippen molar-refractivity contribution in [2.45, 2.75) is 6.92 Å². The number of amides is 1. The highest BCUT2D eigenvalue weighted by molar-refractivity contribution is 6.38. The van der Waals surface area contributed by atoms with Gasteiger partial charge < -0.3 is 11.1 Å². The molecule has 0 bridgehead atoms. The second-order valence-corrected chi connectivity index (χ2v) is 5.52. The van der Waals surface area contributed by atoms with Crippen LogP contribution in [0.2, 0.25) is 15.1 Å². The summed E-state index contributed by atoms with van der Waals surface area (Å²) >= 11 is 17.7. The smallest absolute Gasteiger partial charge is 0.255 e. The van der Waals surface area contributed by atoms with E-state index in [1.54, 1.807) is 25.1 Å². The molecule has 0 spiro atoms. The van der Waals surface area contributed by atoms with Gasteiger partial charge in [-0.25, -0.2) is 0 Å². The second kappa shape index (κ2) is 5.92. The lowest BCUT2D eigenvalue weighted by atomic mass is 10.1. The van der Waals surface area contributed by atoms with Crippen LogP contribution in [0.3, 0.4) is 0 Å². The van der Waals surface area contributed by atoms with Crippen LogP contribution in [0.1, 0.15) is 15.9 Å². The van der Waals surface area contributed by atoms with Gasteiger partial charge in [0.15, 0.2) is 0 Å². The molecule has 6 heteroatoms. The van der Waals surface area contributed by atoms with Crippen LogP contribution in [0.5, 0.6) is 0 Å². The van der Waals surface area contributed by atoms with Crippen molar-refractivity contribution in [1.29, 1.82) is 0 Å². The quantitative estimate of drug-likeness (QED) is 0.778. The highest BCUT2D eigenvalue weighted by Gasteiger charge is 2.12. The summed E-state index contributed by atoms with van der Waals surface area (Å²) in [4.78, 5) is 12.2. The number of benzene rings is 2. The molecule has 0 unspecified atom stereocenters. The van der Waals surface area contributed by atoms with Gasteiger partial charge in [0.1, 0.15) is 0 Å². The van der Waals surface area contributed by atoms with Gasteiger partial charge in [-0.05, 0) is 42.8 Å². The third-order valence-electron chi connectivity index (χ3n) is 2.77. The van der Waals surface area contributed by atoms with Crippen molar-refractivity contribution in [3.05, 3.63) is 56.5 Å². The maximum atomic E-state index is 12.2. The minimum absolute atomic E-state index is 0.289. The lowest BCUT2D eigenvalue weighted by molar-refractivity contribution is 0.102. The normalized spacial score (nSPS) is 10.4. The Morgan fingerprint density at radius 3 is 2.45 bits per heavy atom. The van der Waals surface area contributed by atoms with E-state index in [-0.39, 0.29) is 5.91 Å². The maximum absolute atomic E-state index is 12.2. The molecule has 20 heavy (non-hydrogen) atoms. The fourth-order valence-corrected chi connectivity index (χ4v) is 2.39. The molecule has 0 fully saturated rings. The number of carbonyl (C=O) groups is 1. The van der Waals surface area contributed by atoms with E-state index in [0.717, 1.165) is 5.56 Å². The number of anilines is 2. The van der Waals surface area contributed by atoms with Crippen LogP contribution in [0.25, 0.3) is 0 Å². The molecular weight excluding hydrogens is 319 g/mol. The standard InChI is InChI=1S/C14H11Cl3N2O/c1-7-4-8(15)2-3-9(7)14(20)19-13-6-12(18)10(16)5-11(13)17/h2-6H,18H2,1H3,(H,19,20). The molecule has 2 aromatic carbocycles. The van der Waals surface area contributed by atoms with Crippen molar-refractivity contribution in [3.8, 4) is 0 Å². The van der Waals surface area contributed by atoms with E-state index in [0.29, 0.717) is 32.0 Å². The molecule has 0 aliphatic heterocycles. The van der Waals surface area contributed by atoms with Gasteiger partial charge in [0, 0.05) is 10.6 Å². The molecule has 104 valence electrons. The second-order valence-electron chi connectivity index (χ2n) is 4.27. The fraction of sp³-hybridized carbons (Fsp3) is 0.0714. The first kappa shape index (κ1) is 15.0. The molecule has 2 aromatic rings. The Bertz CT molecular complexity index is 686. The number of aryl methyl sites for hydroxylation is 1. The van der Waals surface area contributed by atoms with Crippen LogP contribution in [-0.2, 0) is 0 Å². The molecule has 0 atom stereocenters. The molecule has 0 heterocycles. The molecule has 3 N–H and O–H groups in total. The number of carbonyl (C=O) groups excluding carboxylic acids is 1. The molecular formula is C14H11Cl3N2O. The molecule has 0 aromatic heterocycles. The van der Waals surface area contributed by atoms with Crippen LogP contribution in [-0.4, -0.2) is 5.91 Å². The Kier molecular flexibility index (Phi) is 4.43. The van der Waals surface area contributed by atoms with Crippen LogP contribution in [0.4, 0.5) is 11.4 Å². The molecule has 1 amide bonds. The van der Waals surface area contributed by atoms with Gasteiger partial charge in [-0.3, -0.25) is 4.79 Å². The summed E-state index contributed by atoms with van der Waals surface area (Å²) in [7, 11) is 0. The van der Waals surface area contributed by atoms with E-state index in [9.17, 15) is 4.79 Å². The summed E-state index contributed by atoms with van der Waals surface area (Å²) in [5.41, 5.74) is 7.74. The van der Waals surface area contributed by atoms with E-state index >= 15 is 0 Å². The van der Waals surface area contributed by atoms with Crippen molar-refractivity contribution >= 4 is 52.1 Å². The zero-order chi connectivity index (χ0) is 14.9. The lowest BCUT2D eigenvalue weighted by Gasteiger charge is -2.11. The average molecular weight is 330 g/mol. The van der Waals surface area contributed by atoms with Gasteiger partial charge in [0.25, 0.3) is 5.91 Å². The summed E-state index contributed by atoms with van der Waals surface area (Å²) in [6.07, 6.45) is 0. The minimum atomic E-state index is -0.289. The van der Waals surface area contributed by atoms with Crippen LogP contribution >= 0.6 is 34.8 Å². The Morgan fingerprint density at radius 2 is 1.80 bits per heavy atom. The molecule has 0 saturated heterocycles. The Labute approximate surface area is 131 Å². The van der Waals surface area contributed by atoms with Crippen molar-refractivity contribution < 1.29 is 4.79 Å². The fourth-order valence-electron chi connectivity index (χ4n) is 1.73. The summed E-state index contributed by atoms with van der Waals surface area (Å²) in [5, 5.41) is 3.95. The zero-order valence-corrected chi connectivity index (χ0v) is 12.8. The number of halogens is 3. The van der Waals surface area contributed by atoms with Gasteiger partial charge in [0.05, 0.1) is 21.4 Å². The molecule has 0 aliphatic rings. The SMILES string of the molecule is Cc1cc(Cl)ccc1C(=O)Nc1cc(N)c(Cl)cc1Cl. The van der Waals surface area contributed by atoms with Crippen molar-refractivity contribution in [3.63, 3.8) is 0 Å². The van der Waals surface area contributed by atoms with E-state index < -0.39 is 0 Å². The van der Waals surface area contributed by atoms with Gasteiger partial charge in [0.2, 0.25) is 0 Å². The zero-order valence-electron chi connectivity index (χ0n) is 10.5. The molecule has 3 nitrogen and oxygen atoms in total. The Morgan fingerprint density at radius 1 is 1.10 bits per heavy atom. The topological polar surface area (TPSA) is 55.1 Å². The maximum Gasteiger partial charge on any atom is 0.255 e. The number of nitrogen functional groups attached to an aromatic ring is 1. The average Bonchev–Trinajstić information content (AvgIpc) is 2.35. The monoisotopic (exact) mass is 328 g/mol. The predicted octanol–water partition coefficient (Wildman–Crippen LogP) is 4.79. The highest BCUT2D eigenvalue weighted by Crippen LogP contribution is 2.31. The van der Waals surface area contributed by atoms with E-state index in [1.165, 1.54) is 12.1 Å². The van der Waals surface area contributed by atoms with Gasteiger partial charge in [-0.1, -0.05) is 34.8 Å². The Balaban J connectivity index is 2.30. The largest absolute Gasteiger partial charge is 0.397 e.